The van der Waals surface area contributed by atoms with E-state index in [9.17, 15) is 9.59 Å². The van der Waals surface area contributed by atoms with E-state index in [-0.39, 0.29) is 24.0 Å². The Bertz CT molecular complexity index is 886. The number of ether oxygens (including phenoxy) is 2. The quantitative estimate of drug-likeness (QED) is 0.167. The van der Waals surface area contributed by atoms with Crippen LogP contribution in [0.5, 0.6) is 5.75 Å². The van der Waals surface area contributed by atoms with E-state index in [1.54, 1.807) is 0 Å². The van der Waals surface area contributed by atoms with Gasteiger partial charge in [-0.3, -0.25) is 9.59 Å². The van der Waals surface area contributed by atoms with Gasteiger partial charge < -0.3 is 9.47 Å². The van der Waals surface area contributed by atoms with Crippen molar-refractivity contribution in [1.29, 1.82) is 0 Å². The number of allylic oxidation sites excluding steroid dienone is 2. The number of unbranched alkanes of at least 4 members (excludes halogenated alkanes) is 3. The lowest BCUT2D eigenvalue weighted by Gasteiger charge is -2.27. The lowest BCUT2D eigenvalue weighted by Crippen LogP contribution is -2.33. The Morgan fingerprint density at radius 3 is 2.38 bits per heavy atom. The number of hydrogen-bond donors (Lipinski definition) is 0. The van der Waals surface area contributed by atoms with Gasteiger partial charge in [0.25, 0.3) is 0 Å². The highest BCUT2D eigenvalue weighted by Gasteiger charge is 2.61. The highest BCUT2D eigenvalue weighted by atomic mass is 16.5. The standard InChI is InChI=1S/C30H44O4/c1-8-9-10-11-12-16-22-23-19-25(34-28(32)30(5,6)7)24(26(22)23)18-20-14-13-15-21(17-20)33-27(31)29(2,3)4/h12-17,22-26H,8-11,18-19H2,1-7H3/t22-,23-,24?,25?,26+/m0/s1. The number of rotatable bonds is 9. The maximum atomic E-state index is 12.7. The van der Waals surface area contributed by atoms with Crippen molar-refractivity contribution in [2.75, 3.05) is 0 Å². The fourth-order valence-corrected chi connectivity index (χ4v) is 5.06. The van der Waals surface area contributed by atoms with E-state index < -0.39 is 10.8 Å². The summed E-state index contributed by atoms with van der Waals surface area (Å²) in [6, 6.07) is 7.84. The Morgan fingerprint density at radius 2 is 1.74 bits per heavy atom. The molecule has 0 heterocycles. The summed E-state index contributed by atoms with van der Waals surface area (Å²) in [6.07, 6.45) is 11.4. The van der Waals surface area contributed by atoms with E-state index in [4.69, 9.17) is 9.47 Å². The molecule has 0 aliphatic heterocycles. The molecule has 0 radical (unpaired) electrons. The van der Waals surface area contributed by atoms with Gasteiger partial charge in [0.15, 0.2) is 0 Å². The number of carbonyl (C=O) groups excluding carboxylic acids is 2. The van der Waals surface area contributed by atoms with Crippen molar-refractivity contribution in [3.8, 4) is 5.75 Å². The molecule has 3 rings (SSSR count). The first-order valence-electron chi connectivity index (χ1n) is 13.1. The minimum Gasteiger partial charge on any atom is -0.462 e. The smallest absolute Gasteiger partial charge is 0.316 e. The SMILES string of the molecule is CCCCCC=C[C@H]1[C@@H]2CC(OC(=O)C(C)(C)C)C(Cc3cccc(OC(=O)C(C)(C)C)c3)[C@H]12. The third-order valence-electron chi connectivity index (χ3n) is 7.16. The van der Waals surface area contributed by atoms with Crippen LogP contribution in [0.25, 0.3) is 0 Å². The molecule has 4 heteroatoms. The van der Waals surface area contributed by atoms with E-state index in [0.717, 1.165) is 24.8 Å². The van der Waals surface area contributed by atoms with Gasteiger partial charge in [0.1, 0.15) is 11.9 Å². The van der Waals surface area contributed by atoms with Crippen LogP contribution in [-0.4, -0.2) is 18.0 Å². The fraction of sp³-hybridized carbons (Fsp3) is 0.667. The Morgan fingerprint density at radius 1 is 1.03 bits per heavy atom. The van der Waals surface area contributed by atoms with Gasteiger partial charge in [-0.15, -0.1) is 0 Å². The molecule has 4 nitrogen and oxygen atoms in total. The van der Waals surface area contributed by atoms with Crippen molar-refractivity contribution >= 4 is 11.9 Å². The molecule has 5 atom stereocenters. The van der Waals surface area contributed by atoms with Crippen molar-refractivity contribution in [2.24, 2.45) is 34.5 Å². The maximum absolute atomic E-state index is 12.7. The van der Waals surface area contributed by atoms with E-state index in [1.807, 2.05) is 59.7 Å². The zero-order valence-electron chi connectivity index (χ0n) is 22.2. The Kier molecular flexibility index (Phi) is 8.31. The second-order valence-corrected chi connectivity index (χ2v) is 12.3. The third kappa shape index (κ3) is 6.73. The second-order valence-electron chi connectivity index (χ2n) is 12.3. The normalized spacial score (nSPS) is 26.4. The highest BCUT2D eigenvalue weighted by Crippen LogP contribution is 2.62. The molecule has 34 heavy (non-hydrogen) atoms. The first-order valence-corrected chi connectivity index (χ1v) is 13.1. The lowest BCUT2D eigenvalue weighted by atomic mass is 9.89. The molecular formula is C30H44O4. The minimum absolute atomic E-state index is 0.0488. The van der Waals surface area contributed by atoms with Crippen LogP contribution in [0.2, 0.25) is 0 Å². The summed E-state index contributed by atoms with van der Waals surface area (Å²) >= 11 is 0. The summed E-state index contributed by atoms with van der Waals surface area (Å²) in [5.41, 5.74) is 0.0713. The first kappa shape index (κ1) is 26.5. The molecule has 2 aliphatic rings. The largest absolute Gasteiger partial charge is 0.462 e. The molecule has 0 saturated heterocycles. The predicted molar refractivity (Wildman–Crippen MR) is 136 cm³/mol. The van der Waals surface area contributed by atoms with Gasteiger partial charge in [-0.05, 0) is 103 Å². The predicted octanol–water partition coefficient (Wildman–Crippen LogP) is 7.16. The van der Waals surface area contributed by atoms with Crippen molar-refractivity contribution in [3.05, 3.63) is 42.0 Å². The van der Waals surface area contributed by atoms with Gasteiger partial charge in [0, 0.05) is 5.92 Å². The van der Waals surface area contributed by atoms with Gasteiger partial charge in [-0.2, -0.15) is 0 Å². The number of esters is 2. The van der Waals surface area contributed by atoms with Crippen LogP contribution in [0.15, 0.2) is 36.4 Å². The van der Waals surface area contributed by atoms with Crippen molar-refractivity contribution in [1.82, 2.24) is 0 Å². The Hall–Kier alpha value is -2.10. The molecule has 0 amide bonds. The van der Waals surface area contributed by atoms with E-state index in [1.165, 1.54) is 19.3 Å². The van der Waals surface area contributed by atoms with Gasteiger partial charge in [0.05, 0.1) is 10.8 Å². The molecule has 2 saturated carbocycles. The molecule has 188 valence electrons. The zero-order valence-corrected chi connectivity index (χ0v) is 22.2. The van der Waals surface area contributed by atoms with Crippen LogP contribution in [0.4, 0.5) is 0 Å². The van der Waals surface area contributed by atoms with E-state index in [0.29, 0.717) is 23.5 Å². The molecule has 0 aromatic heterocycles. The molecule has 0 bridgehead atoms. The van der Waals surface area contributed by atoms with Crippen LogP contribution in [0.1, 0.15) is 86.1 Å². The van der Waals surface area contributed by atoms with Crippen molar-refractivity contribution < 1.29 is 19.1 Å². The molecular weight excluding hydrogens is 424 g/mol. The van der Waals surface area contributed by atoms with Crippen molar-refractivity contribution in [2.45, 2.75) is 93.1 Å². The number of fused-ring (bicyclic) bond motifs is 1. The van der Waals surface area contributed by atoms with Crippen LogP contribution in [0.3, 0.4) is 0 Å². The molecule has 1 aromatic carbocycles. The van der Waals surface area contributed by atoms with Gasteiger partial charge in [0.2, 0.25) is 0 Å². The van der Waals surface area contributed by atoms with Crippen molar-refractivity contribution in [3.63, 3.8) is 0 Å². The maximum Gasteiger partial charge on any atom is 0.316 e. The number of hydrogen-bond acceptors (Lipinski definition) is 4. The lowest BCUT2D eigenvalue weighted by molar-refractivity contribution is -0.161. The molecule has 1 aromatic rings. The summed E-state index contributed by atoms with van der Waals surface area (Å²) in [7, 11) is 0. The second kappa shape index (κ2) is 10.7. The van der Waals surface area contributed by atoms with E-state index >= 15 is 0 Å². The first-order chi connectivity index (χ1) is 15.9. The molecule has 2 unspecified atom stereocenters. The van der Waals surface area contributed by atoms with Crippen LogP contribution in [0, 0.1) is 34.5 Å². The monoisotopic (exact) mass is 468 g/mol. The zero-order chi connectivity index (χ0) is 25.1. The molecule has 0 spiro atoms. The minimum atomic E-state index is -0.550. The average molecular weight is 469 g/mol. The van der Waals surface area contributed by atoms with E-state index in [2.05, 4.69) is 25.1 Å². The van der Waals surface area contributed by atoms with Gasteiger partial charge in [-0.1, -0.05) is 44.1 Å². The molecule has 2 aliphatic carbocycles. The van der Waals surface area contributed by atoms with Gasteiger partial charge >= 0.3 is 11.9 Å². The van der Waals surface area contributed by atoms with Crippen LogP contribution in [-0.2, 0) is 20.7 Å². The summed E-state index contributed by atoms with van der Waals surface area (Å²) in [6.45, 7) is 13.5. The number of carbonyl (C=O) groups is 2. The number of benzene rings is 1. The summed E-state index contributed by atoms with van der Waals surface area (Å²) in [5, 5.41) is 0. The summed E-state index contributed by atoms with van der Waals surface area (Å²) in [5.74, 6) is 2.26. The molecule has 0 N–H and O–H groups in total. The fourth-order valence-electron chi connectivity index (χ4n) is 5.06. The topological polar surface area (TPSA) is 52.6 Å². The Labute approximate surface area is 206 Å². The highest BCUT2D eigenvalue weighted by molar-refractivity contribution is 5.78. The van der Waals surface area contributed by atoms with Crippen LogP contribution >= 0.6 is 0 Å². The average Bonchev–Trinajstić information content (AvgIpc) is 3.29. The summed E-state index contributed by atoms with van der Waals surface area (Å²) in [4.78, 5) is 25.0. The molecule has 2 fully saturated rings. The van der Waals surface area contributed by atoms with Crippen LogP contribution < -0.4 is 4.74 Å². The summed E-state index contributed by atoms with van der Waals surface area (Å²) < 4.78 is 11.7. The third-order valence-corrected chi connectivity index (χ3v) is 7.16. The van der Waals surface area contributed by atoms with Gasteiger partial charge in [-0.25, -0.2) is 0 Å². The Balaban J connectivity index is 1.71.